The maximum absolute atomic E-state index is 13.4. The van der Waals surface area contributed by atoms with Crippen molar-refractivity contribution in [1.29, 1.82) is 0 Å². The number of phenolic OH excluding ortho intramolecular Hbond substituents is 1. The number of ether oxygens (including phenoxy) is 2. The van der Waals surface area contributed by atoms with Crippen molar-refractivity contribution in [2.45, 2.75) is 24.5 Å². The van der Waals surface area contributed by atoms with Crippen molar-refractivity contribution in [2.24, 2.45) is 0 Å². The first-order valence-electron chi connectivity index (χ1n) is 17.9. The van der Waals surface area contributed by atoms with Crippen LogP contribution in [0.15, 0.2) is 76.5 Å². The number of aromatic carboxylic acids is 1. The molecule has 1 aliphatic carbocycles. The number of carboxylic acids is 1. The van der Waals surface area contributed by atoms with Crippen LogP contribution in [0.2, 0.25) is 0 Å². The fraction of sp³-hybridized carbons (Fsp3) is 0.206. The minimum absolute atomic E-state index is 0.00836. The number of aliphatic hydroxyl groups excluding tert-OH is 1. The Hall–Kier alpha value is -6.18. The Bertz CT molecular complexity index is 3000. The molecule has 4 heterocycles. The van der Waals surface area contributed by atoms with Gasteiger partial charge < -0.3 is 65.2 Å². The van der Waals surface area contributed by atoms with Gasteiger partial charge in [-0.1, -0.05) is 0 Å². The molecule has 2 amide bonds. The second-order valence-corrected chi connectivity index (χ2v) is 17.9. The molecule has 1 saturated heterocycles. The minimum atomic E-state index is -5.89. The van der Waals surface area contributed by atoms with E-state index in [-0.39, 0.29) is 63.9 Å². The summed E-state index contributed by atoms with van der Waals surface area (Å²) in [6.45, 7) is -1.68. The summed E-state index contributed by atoms with van der Waals surface area (Å²) in [6.07, 6.45) is -5.86. The Morgan fingerprint density at radius 3 is 2.38 bits per heavy atom. The van der Waals surface area contributed by atoms with Gasteiger partial charge in [-0.05, 0) is 48.0 Å². The number of phenols is 1. The number of phosphoric acid groups is 3. The van der Waals surface area contributed by atoms with Crippen LogP contribution in [0, 0.1) is 0 Å². The topological polar surface area (TPSA) is 414 Å². The number of aliphatic hydroxyl groups is 1. The number of aromatic nitrogens is 4. The summed E-state index contributed by atoms with van der Waals surface area (Å²) in [5, 5.41) is 36.7. The number of alkyl carbamates (subject to hydrolysis) is 1. The van der Waals surface area contributed by atoms with Gasteiger partial charge in [-0.2, -0.15) is 8.62 Å². The number of carboxylic acid groups (broad SMARTS) is 1. The predicted molar refractivity (Wildman–Crippen MR) is 213 cm³/mol. The van der Waals surface area contributed by atoms with E-state index in [9.17, 15) is 58.0 Å². The normalized spacial score (nSPS) is 19.6. The van der Waals surface area contributed by atoms with Gasteiger partial charge in [-0.15, -0.1) is 0 Å². The number of hydrogen-bond acceptors (Lipinski definition) is 19. The number of nitrogens with zero attached hydrogens (tertiary/aromatic N) is 4. The van der Waals surface area contributed by atoms with Gasteiger partial charge in [0, 0.05) is 47.3 Å². The first-order chi connectivity index (χ1) is 30.1. The first-order valence-corrected chi connectivity index (χ1v) is 22.5. The minimum Gasteiger partial charge on any atom is -0.508 e. The SMILES string of the molecule is Nc1ncnc2c1ncn2[C@@H]1O[C@H](COP(=O)(O)OP(=O)(O)OP(=O)(O)O)[C@@H](O)[C@H]1OC(=O)NCCNC(=O)c1ccc(C(=O)O)c(-c2c3ccc(=O)cc-3oc3cc(O)ccc23)c1. The molecule has 2 aliphatic heterocycles. The number of nitrogens with one attached hydrogen (secondary N) is 2. The van der Waals surface area contributed by atoms with E-state index in [1.165, 1.54) is 54.6 Å². The fourth-order valence-electron chi connectivity index (χ4n) is 6.57. The van der Waals surface area contributed by atoms with Crippen LogP contribution < -0.4 is 21.8 Å². The number of imidazole rings is 1. The van der Waals surface area contributed by atoms with E-state index in [1.807, 2.05) is 0 Å². The number of fused-ring (bicyclic) bond motifs is 3. The number of rotatable bonds is 15. The molecule has 2 aromatic carbocycles. The highest BCUT2D eigenvalue weighted by molar-refractivity contribution is 7.66. The van der Waals surface area contributed by atoms with Gasteiger partial charge in [0.15, 0.2) is 29.2 Å². The third kappa shape index (κ3) is 10.1. The van der Waals surface area contributed by atoms with Crippen LogP contribution in [0.25, 0.3) is 44.6 Å². The lowest BCUT2D eigenvalue weighted by Gasteiger charge is -2.22. The first kappa shape index (κ1) is 45.8. The lowest BCUT2D eigenvalue weighted by atomic mass is 9.89. The van der Waals surface area contributed by atoms with Gasteiger partial charge in [-0.3, -0.25) is 18.7 Å². The van der Waals surface area contributed by atoms with E-state index < -0.39 is 78.0 Å². The highest BCUT2D eigenvalue weighted by Gasteiger charge is 2.50. The monoisotopic (exact) mass is 951 g/mol. The van der Waals surface area contributed by atoms with E-state index in [1.54, 1.807) is 0 Å². The Morgan fingerprint density at radius 1 is 0.891 bits per heavy atom. The maximum atomic E-state index is 13.4. The highest BCUT2D eigenvalue weighted by atomic mass is 31.3. The summed E-state index contributed by atoms with van der Waals surface area (Å²) in [4.78, 5) is 100. The quantitative estimate of drug-likeness (QED) is 0.0398. The zero-order chi connectivity index (χ0) is 46.3. The lowest BCUT2D eigenvalue weighted by Crippen LogP contribution is -2.41. The summed E-state index contributed by atoms with van der Waals surface area (Å²) < 4.78 is 65.3. The molecule has 3 aliphatic rings. The van der Waals surface area contributed by atoms with Crippen LogP contribution in [0.5, 0.6) is 5.75 Å². The Labute approximate surface area is 355 Å². The molecule has 0 spiro atoms. The number of carbonyl (C=O) groups excluding carboxylic acids is 2. The summed E-state index contributed by atoms with van der Waals surface area (Å²) in [7, 11) is -17.3. The van der Waals surface area contributed by atoms with Crippen molar-refractivity contribution in [3.05, 3.63) is 88.6 Å². The molecule has 64 heavy (non-hydrogen) atoms. The van der Waals surface area contributed by atoms with Gasteiger partial charge in [0.1, 0.15) is 41.1 Å². The van der Waals surface area contributed by atoms with E-state index in [4.69, 9.17) is 29.4 Å². The number of anilines is 1. The smallest absolute Gasteiger partial charge is 0.490 e. The number of benzene rings is 3. The van der Waals surface area contributed by atoms with Gasteiger partial charge in [0.25, 0.3) is 5.91 Å². The summed E-state index contributed by atoms with van der Waals surface area (Å²) >= 11 is 0. The second-order valence-electron chi connectivity index (χ2n) is 13.5. The summed E-state index contributed by atoms with van der Waals surface area (Å²) in [5.74, 6) is -2.20. The molecule has 0 radical (unpaired) electrons. The molecule has 0 bridgehead atoms. The average molecular weight is 952 g/mol. The van der Waals surface area contributed by atoms with E-state index in [0.29, 0.717) is 16.5 Å². The van der Waals surface area contributed by atoms with Crippen LogP contribution in [-0.4, -0.2) is 110 Å². The number of hydrogen-bond donors (Lipinski definition) is 10. The Kier molecular flexibility index (Phi) is 12.7. The van der Waals surface area contributed by atoms with Crippen LogP contribution >= 0.6 is 23.5 Å². The van der Waals surface area contributed by atoms with Gasteiger partial charge in [0.05, 0.1) is 18.5 Å². The van der Waals surface area contributed by atoms with E-state index in [0.717, 1.165) is 17.2 Å². The molecule has 27 nitrogen and oxygen atoms in total. The van der Waals surface area contributed by atoms with E-state index >= 15 is 0 Å². The van der Waals surface area contributed by atoms with Crippen molar-refractivity contribution in [3.63, 3.8) is 0 Å². The van der Waals surface area contributed by atoms with Crippen LogP contribution in [0.3, 0.4) is 0 Å². The zero-order valence-corrected chi connectivity index (χ0v) is 34.6. The van der Waals surface area contributed by atoms with Crippen LogP contribution in [0.4, 0.5) is 10.6 Å². The van der Waals surface area contributed by atoms with Crippen molar-refractivity contribution in [2.75, 3.05) is 25.4 Å². The largest absolute Gasteiger partial charge is 0.508 e. The fourth-order valence-corrected chi connectivity index (χ4v) is 9.60. The molecule has 7 rings (SSSR count). The standard InChI is InChI=1S/C34H32N7O20P3/c35-29-26-30(39-13-38-29)41(14-40-26)32-28(27(44)24(58-32)12-56-63(52,53)61-64(54,55)60-62(49,50)51)59-34(48)37-8-7-36-31(45)15-1-4-18(33(46)47)21(9-15)25-19-5-2-16(42)10-22(19)57-23-11-17(43)3-6-20(23)25/h1-6,9-11,13-14,24,27-28,32,42,44H,7-8,12H2,(H,36,45)(H,37,48)(H,46,47)(H,52,53)(H,54,55)(H2,35,38,39)(H2,49,50,51)/t24-,27-,28-,32-/m1/s1. The molecule has 2 aromatic heterocycles. The Balaban J connectivity index is 1.05. The molecule has 11 N–H and O–H groups in total. The molecule has 4 aromatic rings. The predicted octanol–water partition coefficient (Wildman–Crippen LogP) is 1.82. The van der Waals surface area contributed by atoms with Gasteiger partial charge in [-0.25, -0.2) is 38.2 Å². The van der Waals surface area contributed by atoms with Crippen molar-refractivity contribution >= 4 is 69.4 Å². The molecular weight excluding hydrogens is 919 g/mol. The second kappa shape index (κ2) is 17.8. The summed E-state index contributed by atoms with van der Waals surface area (Å²) in [5.41, 5.74) is 6.13. The summed E-state index contributed by atoms with van der Waals surface area (Å²) in [6, 6.07) is 11.8. The maximum Gasteiger partial charge on any atom is 0.490 e. The zero-order valence-electron chi connectivity index (χ0n) is 31.9. The van der Waals surface area contributed by atoms with E-state index in [2.05, 4.69) is 38.7 Å². The molecule has 1 fully saturated rings. The molecule has 338 valence electrons. The molecular formula is C34H32N7O20P3. The van der Waals surface area contributed by atoms with Crippen LogP contribution in [0.1, 0.15) is 26.9 Å². The number of nitrogens with two attached hydrogens (primary N) is 1. The van der Waals surface area contributed by atoms with Gasteiger partial charge >= 0.3 is 35.5 Å². The number of amides is 2. The number of phosphoric ester groups is 1. The van der Waals surface area contributed by atoms with Crippen molar-refractivity contribution in [3.8, 4) is 28.2 Å². The van der Waals surface area contributed by atoms with Crippen molar-refractivity contribution in [1.82, 2.24) is 30.2 Å². The molecule has 0 saturated carbocycles. The molecule has 6 atom stereocenters. The number of aromatic hydroxyl groups is 1. The molecule has 2 unspecified atom stereocenters. The highest BCUT2D eigenvalue weighted by Crippen LogP contribution is 2.66. The van der Waals surface area contributed by atoms with Crippen molar-refractivity contribution < 1.29 is 90.0 Å². The Morgan fingerprint density at radius 2 is 1.64 bits per heavy atom. The van der Waals surface area contributed by atoms with Gasteiger partial charge in [0.2, 0.25) is 0 Å². The average Bonchev–Trinajstić information content (AvgIpc) is 3.76. The number of carbonyl (C=O) groups is 3. The van der Waals surface area contributed by atoms with Crippen LogP contribution in [-0.2, 0) is 36.3 Å². The lowest BCUT2D eigenvalue weighted by molar-refractivity contribution is -0.0522. The number of nitrogen functional groups attached to an aromatic ring is 1. The third-order valence-corrected chi connectivity index (χ3v) is 13.0. The molecule has 30 heteroatoms. The third-order valence-electron chi connectivity index (χ3n) is 9.17.